The molecular formula is C14H16O2. The van der Waals surface area contributed by atoms with Crippen LogP contribution in [0.2, 0.25) is 0 Å². The molecule has 2 heteroatoms. The predicted molar refractivity (Wildman–Crippen MR) is 63.2 cm³/mol. The molecule has 0 aliphatic rings. The van der Waals surface area contributed by atoms with Crippen molar-refractivity contribution >= 4 is 0 Å². The van der Waals surface area contributed by atoms with E-state index in [9.17, 15) is 5.11 Å². The van der Waals surface area contributed by atoms with E-state index in [0.29, 0.717) is 6.42 Å². The van der Waals surface area contributed by atoms with E-state index in [1.165, 1.54) is 5.56 Å². The van der Waals surface area contributed by atoms with Gasteiger partial charge in [0.15, 0.2) is 0 Å². The van der Waals surface area contributed by atoms with Gasteiger partial charge in [-0.2, -0.15) is 0 Å². The van der Waals surface area contributed by atoms with Crippen molar-refractivity contribution < 1.29 is 9.52 Å². The van der Waals surface area contributed by atoms with Crippen molar-refractivity contribution in [3.63, 3.8) is 0 Å². The molecule has 0 spiro atoms. The summed E-state index contributed by atoms with van der Waals surface area (Å²) in [6.07, 6.45) is 2.71. The topological polar surface area (TPSA) is 33.4 Å². The number of hydrogen-bond acceptors (Lipinski definition) is 2. The molecule has 1 atom stereocenters. The molecule has 84 valence electrons. The molecule has 0 radical (unpaired) electrons. The lowest BCUT2D eigenvalue weighted by molar-refractivity contribution is 0.165. The monoisotopic (exact) mass is 216 g/mol. The minimum absolute atomic E-state index is 0.412. The first-order chi connectivity index (χ1) is 7.75. The SMILES string of the molecule is Cc1cccc(C(O)CCc2ccco2)c1. The predicted octanol–water partition coefficient (Wildman–Crippen LogP) is 3.25. The zero-order chi connectivity index (χ0) is 11.4. The summed E-state index contributed by atoms with van der Waals surface area (Å²) in [5.41, 5.74) is 2.15. The van der Waals surface area contributed by atoms with E-state index in [1.807, 2.05) is 43.3 Å². The van der Waals surface area contributed by atoms with Crippen LogP contribution in [0.25, 0.3) is 0 Å². The standard InChI is InChI=1S/C14H16O2/c1-11-4-2-5-12(10-11)14(15)8-7-13-6-3-9-16-13/h2-6,9-10,14-15H,7-8H2,1H3. The van der Waals surface area contributed by atoms with Gasteiger partial charge in [0.2, 0.25) is 0 Å². The van der Waals surface area contributed by atoms with Gasteiger partial charge in [0.25, 0.3) is 0 Å². The van der Waals surface area contributed by atoms with Gasteiger partial charge in [-0.05, 0) is 31.0 Å². The number of furan rings is 1. The maximum absolute atomic E-state index is 10.0. The minimum atomic E-state index is -0.412. The van der Waals surface area contributed by atoms with Crippen LogP contribution in [-0.4, -0.2) is 5.11 Å². The third-order valence-electron chi connectivity index (χ3n) is 2.67. The van der Waals surface area contributed by atoms with E-state index in [2.05, 4.69) is 0 Å². The van der Waals surface area contributed by atoms with E-state index in [1.54, 1.807) is 6.26 Å². The molecule has 1 aromatic carbocycles. The highest BCUT2D eigenvalue weighted by atomic mass is 16.3. The molecular weight excluding hydrogens is 200 g/mol. The van der Waals surface area contributed by atoms with Crippen LogP contribution in [0.1, 0.15) is 29.4 Å². The Labute approximate surface area is 95.5 Å². The van der Waals surface area contributed by atoms with E-state index in [4.69, 9.17) is 4.42 Å². The lowest BCUT2D eigenvalue weighted by Crippen LogP contribution is -1.99. The average Bonchev–Trinajstić information content (AvgIpc) is 2.78. The van der Waals surface area contributed by atoms with Crippen LogP contribution in [-0.2, 0) is 6.42 Å². The number of hydrogen-bond donors (Lipinski definition) is 1. The third-order valence-corrected chi connectivity index (χ3v) is 2.67. The fourth-order valence-electron chi connectivity index (χ4n) is 1.78. The molecule has 0 saturated heterocycles. The van der Waals surface area contributed by atoms with Gasteiger partial charge in [-0.15, -0.1) is 0 Å². The Balaban J connectivity index is 1.95. The molecule has 0 bridgehead atoms. The van der Waals surface area contributed by atoms with Crippen LogP contribution in [0.5, 0.6) is 0 Å². The van der Waals surface area contributed by atoms with Crippen molar-refractivity contribution in [2.24, 2.45) is 0 Å². The number of aliphatic hydroxyl groups excluding tert-OH is 1. The van der Waals surface area contributed by atoms with Crippen molar-refractivity contribution in [3.8, 4) is 0 Å². The molecule has 0 aliphatic carbocycles. The Morgan fingerprint density at radius 1 is 1.25 bits per heavy atom. The number of rotatable bonds is 4. The Morgan fingerprint density at radius 2 is 2.12 bits per heavy atom. The highest BCUT2D eigenvalue weighted by Gasteiger charge is 2.08. The fourth-order valence-corrected chi connectivity index (χ4v) is 1.78. The fraction of sp³-hybridized carbons (Fsp3) is 0.286. The molecule has 1 N–H and O–H groups in total. The van der Waals surface area contributed by atoms with E-state index < -0.39 is 6.10 Å². The summed E-state index contributed by atoms with van der Waals surface area (Å²) in [5, 5.41) is 10.0. The van der Waals surface area contributed by atoms with E-state index >= 15 is 0 Å². The first-order valence-electron chi connectivity index (χ1n) is 5.53. The summed E-state index contributed by atoms with van der Waals surface area (Å²) in [6, 6.07) is 11.8. The normalized spacial score (nSPS) is 12.6. The summed E-state index contributed by atoms with van der Waals surface area (Å²) < 4.78 is 5.23. The van der Waals surface area contributed by atoms with Crippen molar-refractivity contribution in [1.82, 2.24) is 0 Å². The van der Waals surface area contributed by atoms with Gasteiger partial charge in [-0.25, -0.2) is 0 Å². The average molecular weight is 216 g/mol. The van der Waals surface area contributed by atoms with Crippen LogP contribution in [0.4, 0.5) is 0 Å². The second kappa shape index (κ2) is 4.99. The maximum atomic E-state index is 10.0. The third kappa shape index (κ3) is 2.74. The number of aryl methyl sites for hydroxylation is 2. The Bertz CT molecular complexity index is 432. The van der Waals surface area contributed by atoms with E-state index in [0.717, 1.165) is 17.7 Å². The first-order valence-corrected chi connectivity index (χ1v) is 5.53. The quantitative estimate of drug-likeness (QED) is 0.851. The van der Waals surface area contributed by atoms with E-state index in [-0.39, 0.29) is 0 Å². The largest absolute Gasteiger partial charge is 0.469 e. The molecule has 1 unspecified atom stereocenters. The molecule has 2 nitrogen and oxygen atoms in total. The molecule has 1 heterocycles. The van der Waals surface area contributed by atoms with Crippen LogP contribution in [0.15, 0.2) is 47.1 Å². The summed E-state index contributed by atoms with van der Waals surface area (Å²) in [7, 11) is 0. The van der Waals surface area contributed by atoms with Crippen molar-refractivity contribution in [2.45, 2.75) is 25.9 Å². The Hall–Kier alpha value is -1.54. The van der Waals surface area contributed by atoms with Gasteiger partial charge in [0.1, 0.15) is 5.76 Å². The lowest BCUT2D eigenvalue weighted by atomic mass is 10.0. The zero-order valence-corrected chi connectivity index (χ0v) is 9.39. The second-order valence-corrected chi connectivity index (χ2v) is 4.05. The molecule has 2 rings (SSSR count). The van der Waals surface area contributed by atoms with Gasteiger partial charge in [-0.1, -0.05) is 29.8 Å². The summed E-state index contributed by atoms with van der Waals surface area (Å²) in [5.74, 6) is 0.923. The van der Waals surface area contributed by atoms with Crippen LogP contribution >= 0.6 is 0 Å². The summed E-state index contributed by atoms with van der Waals surface area (Å²) in [6.45, 7) is 2.03. The van der Waals surface area contributed by atoms with Gasteiger partial charge in [0, 0.05) is 6.42 Å². The smallest absolute Gasteiger partial charge is 0.103 e. The van der Waals surface area contributed by atoms with Crippen LogP contribution < -0.4 is 0 Å². The maximum Gasteiger partial charge on any atom is 0.103 e. The Morgan fingerprint density at radius 3 is 2.81 bits per heavy atom. The number of aliphatic hydroxyl groups is 1. The minimum Gasteiger partial charge on any atom is -0.469 e. The highest BCUT2D eigenvalue weighted by Crippen LogP contribution is 2.19. The summed E-state index contributed by atoms with van der Waals surface area (Å²) >= 11 is 0. The first kappa shape index (κ1) is 11.0. The molecule has 0 aliphatic heterocycles. The Kier molecular flexibility index (Phi) is 3.42. The van der Waals surface area contributed by atoms with Gasteiger partial charge < -0.3 is 9.52 Å². The van der Waals surface area contributed by atoms with Crippen LogP contribution in [0, 0.1) is 6.92 Å². The molecule has 0 saturated carbocycles. The van der Waals surface area contributed by atoms with Crippen molar-refractivity contribution in [3.05, 3.63) is 59.5 Å². The molecule has 0 amide bonds. The molecule has 2 aromatic rings. The van der Waals surface area contributed by atoms with Gasteiger partial charge >= 0.3 is 0 Å². The van der Waals surface area contributed by atoms with Crippen molar-refractivity contribution in [1.29, 1.82) is 0 Å². The highest BCUT2D eigenvalue weighted by molar-refractivity contribution is 5.24. The lowest BCUT2D eigenvalue weighted by Gasteiger charge is -2.10. The summed E-state index contributed by atoms with van der Waals surface area (Å²) in [4.78, 5) is 0. The molecule has 0 fully saturated rings. The van der Waals surface area contributed by atoms with Gasteiger partial charge in [0.05, 0.1) is 12.4 Å². The zero-order valence-electron chi connectivity index (χ0n) is 9.39. The van der Waals surface area contributed by atoms with Gasteiger partial charge in [-0.3, -0.25) is 0 Å². The van der Waals surface area contributed by atoms with Crippen molar-refractivity contribution in [2.75, 3.05) is 0 Å². The number of benzene rings is 1. The molecule has 1 aromatic heterocycles. The van der Waals surface area contributed by atoms with Crippen LogP contribution in [0.3, 0.4) is 0 Å². The molecule has 16 heavy (non-hydrogen) atoms. The second-order valence-electron chi connectivity index (χ2n) is 4.05.